The number of carbonyl (C=O) groups excluding carboxylic acids is 1. The van der Waals surface area contributed by atoms with Gasteiger partial charge < -0.3 is 5.32 Å². The first-order chi connectivity index (χ1) is 10.7. The molecule has 9 heteroatoms. The Kier molecular flexibility index (Phi) is 4.45. The van der Waals surface area contributed by atoms with E-state index < -0.39 is 0 Å². The molecule has 3 aromatic rings. The molecule has 0 aliphatic carbocycles. The van der Waals surface area contributed by atoms with Crippen LogP contribution in [0.2, 0.25) is 0 Å². The predicted octanol–water partition coefficient (Wildman–Crippen LogP) is 2.80. The summed E-state index contributed by atoms with van der Waals surface area (Å²) in [6, 6.07) is 6.05. The van der Waals surface area contributed by atoms with Crippen LogP contribution in [0.3, 0.4) is 0 Å². The zero-order valence-electron chi connectivity index (χ0n) is 11.1. The summed E-state index contributed by atoms with van der Waals surface area (Å²) in [5.74, 6) is -0.265. The number of aromatic amines is 1. The van der Waals surface area contributed by atoms with Gasteiger partial charge in [0.05, 0.1) is 11.4 Å². The first-order valence-corrected chi connectivity index (χ1v) is 8.07. The Morgan fingerprint density at radius 2 is 2.18 bits per heavy atom. The number of hydrogen-bond donors (Lipinski definition) is 2. The van der Waals surface area contributed by atoms with Gasteiger partial charge in [0.2, 0.25) is 5.91 Å². The number of halogens is 1. The Hall–Kier alpha value is -2.26. The van der Waals surface area contributed by atoms with Crippen LogP contribution in [0.15, 0.2) is 41.1 Å². The van der Waals surface area contributed by atoms with Crippen LogP contribution in [0.1, 0.15) is 0 Å². The van der Waals surface area contributed by atoms with Gasteiger partial charge in [-0.15, -0.1) is 11.3 Å². The Bertz CT molecular complexity index is 757. The molecular formula is C13H10FN5OS2. The molecule has 0 radical (unpaired) electrons. The fourth-order valence-corrected chi connectivity index (χ4v) is 2.95. The smallest absolute Gasteiger partial charge is 0.236 e. The first-order valence-electron chi connectivity index (χ1n) is 6.20. The lowest BCUT2D eigenvalue weighted by Gasteiger charge is -2.00. The van der Waals surface area contributed by atoms with Crippen molar-refractivity contribution in [3.8, 4) is 11.3 Å². The van der Waals surface area contributed by atoms with Gasteiger partial charge in [0.1, 0.15) is 12.1 Å². The van der Waals surface area contributed by atoms with Gasteiger partial charge in [0, 0.05) is 10.9 Å². The molecule has 0 saturated carbocycles. The van der Waals surface area contributed by atoms with Crippen LogP contribution in [0.5, 0.6) is 0 Å². The number of benzene rings is 1. The number of anilines is 1. The van der Waals surface area contributed by atoms with E-state index in [2.05, 4.69) is 25.5 Å². The topological polar surface area (TPSA) is 83.6 Å². The van der Waals surface area contributed by atoms with E-state index in [1.165, 1.54) is 41.6 Å². The fourth-order valence-electron chi connectivity index (χ4n) is 1.64. The molecule has 0 saturated heterocycles. The van der Waals surface area contributed by atoms with Crippen LogP contribution in [-0.2, 0) is 4.79 Å². The molecule has 0 unspecified atom stereocenters. The van der Waals surface area contributed by atoms with Gasteiger partial charge in [-0.3, -0.25) is 9.89 Å². The highest BCUT2D eigenvalue weighted by molar-refractivity contribution is 7.99. The molecule has 0 bridgehead atoms. The van der Waals surface area contributed by atoms with Gasteiger partial charge in [-0.1, -0.05) is 11.8 Å². The van der Waals surface area contributed by atoms with Crippen molar-refractivity contribution < 1.29 is 9.18 Å². The number of thioether (sulfide) groups is 1. The standard InChI is InChI=1S/C13H10FN5OS2/c14-9-3-1-8(2-4-9)10-5-21-13(17-10)18-11(20)6-22-12-15-7-16-19-12/h1-5,7H,6H2,(H,15,16,19)(H,17,18,20). The van der Waals surface area contributed by atoms with Crippen molar-refractivity contribution in [3.63, 3.8) is 0 Å². The molecular weight excluding hydrogens is 325 g/mol. The summed E-state index contributed by atoms with van der Waals surface area (Å²) in [5, 5.41) is 12.0. The lowest BCUT2D eigenvalue weighted by Crippen LogP contribution is -2.13. The first kappa shape index (κ1) is 14.7. The Morgan fingerprint density at radius 1 is 1.36 bits per heavy atom. The summed E-state index contributed by atoms with van der Waals surface area (Å²) in [7, 11) is 0. The molecule has 1 amide bonds. The van der Waals surface area contributed by atoms with Gasteiger partial charge in [0.15, 0.2) is 10.3 Å². The molecule has 6 nitrogen and oxygen atoms in total. The molecule has 2 aromatic heterocycles. The highest BCUT2D eigenvalue weighted by atomic mass is 32.2. The SMILES string of the molecule is O=C(CSc1ncn[nH]1)Nc1nc(-c2ccc(F)cc2)cs1. The minimum absolute atomic E-state index is 0.179. The highest BCUT2D eigenvalue weighted by Crippen LogP contribution is 2.25. The molecule has 0 aliphatic heterocycles. The van der Waals surface area contributed by atoms with Crippen LogP contribution >= 0.6 is 23.1 Å². The molecule has 1 aromatic carbocycles. The molecule has 2 heterocycles. The number of nitrogens with zero attached hydrogens (tertiary/aromatic N) is 3. The number of hydrogen-bond acceptors (Lipinski definition) is 6. The molecule has 0 atom stereocenters. The van der Waals surface area contributed by atoms with E-state index in [1.807, 2.05) is 5.38 Å². The normalized spacial score (nSPS) is 10.6. The van der Waals surface area contributed by atoms with Gasteiger partial charge >= 0.3 is 0 Å². The molecule has 2 N–H and O–H groups in total. The van der Waals surface area contributed by atoms with Crippen LogP contribution in [0.4, 0.5) is 9.52 Å². The largest absolute Gasteiger partial charge is 0.301 e. The Labute approximate surface area is 133 Å². The zero-order chi connectivity index (χ0) is 15.4. The predicted molar refractivity (Wildman–Crippen MR) is 83.2 cm³/mol. The number of amides is 1. The van der Waals surface area contributed by atoms with E-state index in [4.69, 9.17) is 0 Å². The van der Waals surface area contributed by atoms with Crippen LogP contribution < -0.4 is 5.32 Å². The van der Waals surface area contributed by atoms with Gasteiger partial charge in [-0.05, 0) is 24.3 Å². The van der Waals surface area contributed by atoms with Crippen molar-refractivity contribution in [2.45, 2.75) is 5.16 Å². The van der Waals surface area contributed by atoms with Crippen molar-refractivity contribution >= 4 is 34.1 Å². The highest BCUT2D eigenvalue weighted by Gasteiger charge is 2.09. The summed E-state index contributed by atoms with van der Waals surface area (Å²) in [5.41, 5.74) is 1.50. The molecule has 22 heavy (non-hydrogen) atoms. The number of thiazole rings is 1. The van der Waals surface area contributed by atoms with Crippen LogP contribution in [0.25, 0.3) is 11.3 Å². The minimum Gasteiger partial charge on any atom is -0.301 e. The maximum atomic E-state index is 12.9. The molecule has 0 aliphatic rings. The number of aromatic nitrogens is 4. The Morgan fingerprint density at radius 3 is 2.91 bits per heavy atom. The average molecular weight is 335 g/mol. The lowest BCUT2D eigenvalue weighted by atomic mass is 10.2. The molecule has 112 valence electrons. The number of carbonyl (C=O) groups is 1. The van der Waals surface area contributed by atoms with Crippen molar-refractivity contribution in [1.29, 1.82) is 0 Å². The summed E-state index contributed by atoms with van der Waals surface area (Å²) in [4.78, 5) is 20.1. The number of rotatable bonds is 5. The molecule has 0 spiro atoms. The van der Waals surface area contributed by atoms with E-state index in [9.17, 15) is 9.18 Å². The van der Waals surface area contributed by atoms with E-state index in [-0.39, 0.29) is 17.5 Å². The minimum atomic E-state index is -0.294. The maximum absolute atomic E-state index is 12.9. The molecule has 0 fully saturated rings. The van der Waals surface area contributed by atoms with Crippen molar-refractivity contribution in [2.24, 2.45) is 0 Å². The lowest BCUT2D eigenvalue weighted by molar-refractivity contribution is -0.113. The van der Waals surface area contributed by atoms with Crippen molar-refractivity contribution in [1.82, 2.24) is 20.2 Å². The van der Waals surface area contributed by atoms with Gasteiger partial charge in [-0.25, -0.2) is 14.4 Å². The second kappa shape index (κ2) is 6.67. The monoisotopic (exact) mass is 335 g/mol. The summed E-state index contributed by atoms with van der Waals surface area (Å²) >= 11 is 2.57. The third kappa shape index (κ3) is 3.68. The van der Waals surface area contributed by atoms with Gasteiger partial charge in [-0.2, -0.15) is 5.10 Å². The van der Waals surface area contributed by atoms with Gasteiger partial charge in [0.25, 0.3) is 0 Å². The second-order valence-electron chi connectivity index (χ2n) is 4.17. The summed E-state index contributed by atoms with van der Waals surface area (Å²) in [6.45, 7) is 0. The number of nitrogens with one attached hydrogen (secondary N) is 2. The zero-order valence-corrected chi connectivity index (χ0v) is 12.7. The summed E-state index contributed by atoms with van der Waals surface area (Å²) in [6.07, 6.45) is 1.38. The average Bonchev–Trinajstić information content (AvgIpc) is 3.17. The third-order valence-corrected chi connectivity index (χ3v) is 4.26. The summed E-state index contributed by atoms with van der Waals surface area (Å²) < 4.78 is 12.9. The van der Waals surface area contributed by atoms with E-state index in [0.29, 0.717) is 16.0 Å². The number of H-pyrrole nitrogens is 1. The van der Waals surface area contributed by atoms with E-state index in [0.717, 1.165) is 5.56 Å². The quantitative estimate of drug-likeness (QED) is 0.701. The van der Waals surface area contributed by atoms with E-state index >= 15 is 0 Å². The fraction of sp³-hybridized carbons (Fsp3) is 0.0769. The van der Waals surface area contributed by atoms with Crippen LogP contribution in [0, 0.1) is 5.82 Å². The van der Waals surface area contributed by atoms with E-state index in [1.54, 1.807) is 12.1 Å². The maximum Gasteiger partial charge on any atom is 0.236 e. The Balaban J connectivity index is 1.59. The van der Waals surface area contributed by atoms with Crippen LogP contribution in [-0.4, -0.2) is 31.8 Å². The second-order valence-corrected chi connectivity index (χ2v) is 5.99. The third-order valence-electron chi connectivity index (χ3n) is 2.62. The van der Waals surface area contributed by atoms with Crippen molar-refractivity contribution in [3.05, 3.63) is 41.8 Å². The van der Waals surface area contributed by atoms with Crippen molar-refractivity contribution in [2.75, 3.05) is 11.1 Å². The molecule has 3 rings (SSSR count).